The molecule has 2 N–H and O–H groups in total. The van der Waals surface area contributed by atoms with Crippen LogP contribution < -0.4 is 10.6 Å². The number of aromatic nitrogens is 1. The Bertz CT molecular complexity index is 1110. The van der Waals surface area contributed by atoms with Crippen LogP contribution in [0.15, 0.2) is 89.1 Å². The normalized spacial score (nSPS) is 10.5. The van der Waals surface area contributed by atoms with Crippen molar-refractivity contribution in [2.24, 2.45) is 0 Å². The van der Waals surface area contributed by atoms with Gasteiger partial charge in [0.1, 0.15) is 5.01 Å². The number of nitrogens with one attached hydrogen (secondary N) is 2. The SMILES string of the molecule is CSc1cccc(NC(=O)Nc2ccc(-c3csc(-c4ccccc4)n3)cc2)c1. The Morgan fingerprint density at radius 2 is 1.62 bits per heavy atom. The monoisotopic (exact) mass is 417 g/mol. The molecular weight excluding hydrogens is 398 g/mol. The maximum Gasteiger partial charge on any atom is 0.323 e. The Morgan fingerprint density at radius 1 is 0.862 bits per heavy atom. The van der Waals surface area contributed by atoms with Gasteiger partial charge in [-0.3, -0.25) is 0 Å². The first-order valence-corrected chi connectivity index (χ1v) is 11.2. The van der Waals surface area contributed by atoms with Gasteiger partial charge in [-0.25, -0.2) is 9.78 Å². The second-order valence-electron chi connectivity index (χ2n) is 6.29. The van der Waals surface area contributed by atoms with Gasteiger partial charge in [0.25, 0.3) is 0 Å². The maximum absolute atomic E-state index is 12.3. The molecule has 4 rings (SSSR count). The van der Waals surface area contributed by atoms with E-state index >= 15 is 0 Å². The number of thioether (sulfide) groups is 1. The summed E-state index contributed by atoms with van der Waals surface area (Å²) in [6.07, 6.45) is 2.01. The van der Waals surface area contributed by atoms with E-state index in [1.165, 1.54) is 0 Å². The van der Waals surface area contributed by atoms with Gasteiger partial charge in [0.2, 0.25) is 0 Å². The summed E-state index contributed by atoms with van der Waals surface area (Å²) in [4.78, 5) is 18.1. The van der Waals surface area contributed by atoms with Crippen molar-refractivity contribution in [1.29, 1.82) is 0 Å². The fourth-order valence-corrected chi connectivity index (χ4v) is 4.13. The minimum atomic E-state index is -0.268. The average molecular weight is 418 g/mol. The van der Waals surface area contributed by atoms with Gasteiger partial charge in [-0.1, -0.05) is 48.5 Å². The number of rotatable bonds is 5. The van der Waals surface area contributed by atoms with E-state index in [0.717, 1.165) is 38.1 Å². The molecule has 4 nitrogen and oxygen atoms in total. The zero-order chi connectivity index (χ0) is 20.1. The number of anilines is 2. The van der Waals surface area contributed by atoms with Gasteiger partial charge in [-0.2, -0.15) is 0 Å². The minimum absolute atomic E-state index is 0.268. The lowest BCUT2D eigenvalue weighted by molar-refractivity contribution is 0.262. The number of amides is 2. The molecule has 0 aliphatic rings. The highest BCUT2D eigenvalue weighted by atomic mass is 32.2. The van der Waals surface area contributed by atoms with Crippen LogP contribution in [0.25, 0.3) is 21.8 Å². The molecule has 0 unspecified atom stereocenters. The van der Waals surface area contributed by atoms with E-state index in [1.54, 1.807) is 23.1 Å². The average Bonchev–Trinajstić information content (AvgIpc) is 3.25. The summed E-state index contributed by atoms with van der Waals surface area (Å²) < 4.78 is 0. The summed E-state index contributed by atoms with van der Waals surface area (Å²) in [6.45, 7) is 0. The summed E-state index contributed by atoms with van der Waals surface area (Å²) >= 11 is 3.26. The quantitative estimate of drug-likeness (QED) is 0.349. The van der Waals surface area contributed by atoms with Crippen molar-refractivity contribution in [3.63, 3.8) is 0 Å². The molecule has 2 amide bonds. The lowest BCUT2D eigenvalue weighted by Crippen LogP contribution is -2.19. The minimum Gasteiger partial charge on any atom is -0.308 e. The standard InChI is InChI=1S/C23H19N3OS2/c1-28-20-9-5-8-19(14-20)25-23(27)24-18-12-10-16(11-13-18)21-15-29-22(26-21)17-6-3-2-4-7-17/h2-15H,1H3,(H2,24,25,27). The number of thiazole rings is 1. The van der Waals surface area contributed by atoms with Crippen LogP contribution in [0.1, 0.15) is 0 Å². The molecule has 0 radical (unpaired) electrons. The first-order chi connectivity index (χ1) is 14.2. The van der Waals surface area contributed by atoms with Crippen LogP contribution in [0.5, 0.6) is 0 Å². The number of hydrogen-bond acceptors (Lipinski definition) is 4. The molecule has 0 spiro atoms. The third kappa shape index (κ3) is 4.85. The van der Waals surface area contributed by atoms with E-state index in [1.807, 2.05) is 73.0 Å². The topological polar surface area (TPSA) is 54.0 Å². The van der Waals surface area contributed by atoms with Crippen LogP contribution >= 0.6 is 23.1 Å². The molecule has 0 bridgehead atoms. The predicted octanol–water partition coefficient (Wildman–Crippen LogP) is 6.84. The largest absolute Gasteiger partial charge is 0.323 e. The lowest BCUT2D eigenvalue weighted by Gasteiger charge is -2.09. The summed E-state index contributed by atoms with van der Waals surface area (Å²) in [5.41, 5.74) is 4.55. The van der Waals surface area contributed by atoms with E-state index in [-0.39, 0.29) is 6.03 Å². The van der Waals surface area contributed by atoms with Crippen LogP contribution in [-0.2, 0) is 0 Å². The van der Waals surface area contributed by atoms with Crippen molar-refractivity contribution in [3.8, 4) is 21.8 Å². The first kappa shape index (κ1) is 19.2. The van der Waals surface area contributed by atoms with E-state index < -0.39 is 0 Å². The highest BCUT2D eigenvalue weighted by Gasteiger charge is 2.08. The molecule has 0 aliphatic carbocycles. The van der Waals surface area contributed by atoms with Crippen molar-refractivity contribution in [1.82, 2.24) is 4.98 Å². The Balaban J connectivity index is 1.41. The number of nitrogens with zero attached hydrogens (tertiary/aromatic N) is 1. The van der Waals surface area contributed by atoms with Gasteiger partial charge in [0.05, 0.1) is 5.69 Å². The molecule has 0 fully saturated rings. The molecule has 0 saturated carbocycles. The highest BCUT2D eigenvalue weighted by molar-refractivity contribution is 7.98. The number of urea groups is 1. The van der Waals surface area contributed by atoms with Crippen LogP contribution in [0.3, 0.4) is 0 Å². The summed E-state index contributed by atoms with van der Waals surface area (Å²) in [5.74, 6) is 0. The van der Waals surface area contributed by atoms with E-state index in [4.69, 9.17) is 4.98 Å². The molecule has 0 aliphatic heterocycles. The molecule has 144 valence electrons. The van der Waals surface area contributed by atoms with E-state index in [9.17, 15) is 4.79 Å². The summed E-state index contributed by atoms with van der Waals surface area (Å²) in [7, 11) is 0. The molecule has 0 saturated heterocycles. The zero-order valence-electron chi connectivity index (χ0n) is 15.8. The number of carbonyl (C=O) groups excluding carboxylic acids is 1. The smallest absolute Gasteiger partial charge is 0.308 e. The zero-order valence-corrected chi connectivity index (χ0v) is 17.4. The number of benzene rings is 3. The maximum atomic E-state index is 12.3. The van der Waals surface area contributed by atoms with Gasteiger partial charge in [-0.15, -0.1) is 23.1 Å². The van der Waals surface area contributed by atoms with Gasteiger partial charge in [0, 0.05) is 32.8 Å². The molecule has 29 heavy (non-hydrogen) atoms. The second kappa shape index (κ2) is 8.94. The first-order valence-electron chi connectivity index (χ1n) is 9.05. The predicted molar refractivity (Wildman–Crippen MR) is 124 cm³/mol. The summed E-state index contributed by atoms with van der Waals surface area (Å²) in [5, 5.41) is 8.77. The third-order valence-corrected chi connectivity index (χ3v) is 5.91. The third-order valence-electron chi connectivity index (χ3n) is 4.29. The molecule has 6 heteroatoms. The van der Waals surface area contributed by atoms with Crippen LogP contribution in [-0.4, -0.2) is 17.3 Å². The van der Waals surface area contributed by atoms with Crippen LogP contribution in [0.2, 0.25) is 0 Å². The number of carbonyl (C=O) groups is 1. The summed E-state index contributed by atoms with van der Waals surface area (Å²) in [6, 6.07) is 25.3. The van der Waals surface area contributed by atoms with Crippen molar-refractivity contribution < 1.29 is 4.79 Å². The van der Waals surface area contributed by atoms with Crippen LogP contribution in [0, 0.1) is 0 Å². The molecule has 3 aromatic carbocycles. The Morgan fingerprint density at radius 3 is 2.38 bits per heavy atom. The lowest BCUT2D eigenvalue weighted by atomic mass is 10.1. The Labute approximate surface area is 178 Å². The van der Waals surface area contributed by atoms with Gasteiger partial charge in [0.15, 0.2) is 0 Å². The van der Waals surface area contributed by atoms with Crippen molar-refractivity contribution in [3.05, 3.63) is 84.2 Å². The van der Waals surface area contributed by atoms with Crippen molar-refractivity contribution in [2.45, 2.75) is 4.90 Å². The highest BCUT2D eigenvalue weighted by Crippen LogP contribution is 2.29. The fraction of sp³-hybridized carbons (Fsp3) is 0.0435. The molecule has 0 atom stereocenters. The van der Waals surface area contributed by atoms with Crippen molar-refractivity contribution in [2.75, 3.05) is 16.9 Å². The second-order valence-corrected chi connectivity index (χ2v) is 8.03. The molecule has 1 heterocycles. The fourth-order valence-electron chi connectivity index (χ4n) is 2.84. The van der Waals surface area contributed by atoms with E-state index in [0.29, 0.717) is 0 Å². The molecule has 1 aromatic heterocycles. The Kier molecular flexibility index (Phi) is 5.93. The number of hydrogen-bond donors (Lipinski definition) is 2. The molecule has 4 aromatic rings. The van der Waals surface area contributed by atoms with Crippen molar-refractivity contribution >= 4 is 40.5 Å². The van der Waals surface area contributed by atoms with Gasteiger partial charge in [-0.05, 0) is 36.6 Å². The Hall–Kier alpha value is -3.09. The van der Waals surface area contributed by atoms with E-state index in [2.05, 4.69) is 28.1 Å². The van der Waals surface area contributed by atoms with Crippen LogP contribution in [0.4, 0.5) is 16.2 Å². The van der Waals surface area contributed by atoms with Gasteiger partial charge >= 0.3 is 6.03 Å². The van der Waals surface area contributed by atoms with Gasteiger partial charge < -0.3 is 10.6 Å². The molecular formula is C23H19N3OS2.